The van der Waals surface area contributed by atoms with Gasteiger partial charge in [0, 0.05) is 18.6 Å². The van der Waals surface area contributed by atoms with Crippen molar-refractivity contribution in [2.75, 3.05) is 19.5 Å². The Bertz CT molecular complexity index is 840. The van der Waals surface area contributed by atoms with Crippen molar-refractivity contribution in [3.05, 3.63) is 48.5 Å². The summed E-state index contributed by atoms with van der Waals surface area (Å²) >= 11 is 0. The van der Waals surface area contributed by atoms with Crippen LogP contribution < -0.4 is 18.4 Å². The van der Waals surface area contributed by atoms with Crippen molar-refractivity contribution < 1.29 is 26.8 Å². The second-order valence-electron chi connectivity index (χ2n) is 7.00. The summed E-state index contributed by atoms with van der Waals surface area (Å²) in [6, 6.07) is 14.0. The molecule has 0 aromatic heterocycles. The smallest absolute Gasteiger partial charge is 0.306 e. The van der Waals surface area contributed by atoms with Crippen molar-refractivity contribution in [3.63, 3.8) is 0 Å². The molecule has 0 aliphatic carbocycles. The van der Waals surface area contributed by atoms with Gasteiger partial charge in [-0.05, 0) is 45.0 Å². The number of hydrogen-bond donors (Lipinski definition) is 0. The Kier molecular flexibility index (Phi) is 6.96. The Labute approximate surface area is 161 Å². The van der Waals surface area contributed by atoms with E-state index in [-0.39, 0.29) is 11.4 Å². The van der Waals surface area contributed by atoms with Gasteiger partial charge in [-0.2, -0.15) is 8.42 Å². The molecule has 0 fully saturated rings. The number of benzene rings is 2. The lowest BCUT2D eigenvalue weighted by Gasteiger charge is -2.21. The van der Waals surface area contributed by atoms with E-state index in [2.05, 4.69) is 0 Å². The highest BCUT2D eigenvalue weighted by Crippen LogP contribution is 2.24. The molecule has 0 aliphatic rings. The van der Waals surface area contributed by atoms with Crippen LogP contribution in [0, 0.1) is 0 Å². The molecule has 148 valence electrons. The van der Waals surface area contributed by atoms with Crippen LogP contribution in [0.4, 0.5) is 0 Å². The lowest BCUT2D eigenvalue weighted by Crippen LogP contribution is -2.22. The molecule has 0 atom stereocenters. The van der Waals surface area contributed by atoms with Crippen molar-refractivity contribution in [3.8, 4) is 23.0 Å². The van der Waals surface area contributed by atoms with Crippen molar-refractivity contribution in [1.82, 2.24) is 0 Å². The highest BCUT2D eigenvalue weighted by atomic mass is 32.2. The second kappa shape index (κ2) is 8.99. The summed E-state index contributed by atoms with van der Waals surface area (Å²) in [5, 5.41) is 0. The minimum absolute atomic E-state index is 0.224. The lowest BCUT2D eigenvalue weighted by atomic mass is 10.2. The molecule has 27 heavy (non-hydrogen) atoms. The van der Waals surface area contributed by atoms with Gasteiger partial charge in [-0.15, -0.1) is 0 Å². The van der Waals surface area contributed by atoms with E-state index in [1.54, 1.807) is 18.2 Å². The molecule has 0 heterocycles. The summed E-state index contributed by atoms with van der Waals surface area (Å²) in [5.74, 6) is 2.26. The summed E-state index contributed by atoms with van der Waals surface area (Å²) in [6.07, 6.45) is 1.67. The maximum atomic E-state index is 11.2. The summed E-state index contributed by atoms with van der Waals surface area (Å²) in [7, 11) is -3.55. The van der Waals surface area contributed by atoms with Crippen LogP contribution in [0.3, 0.4) is 0 Å². The normalized spacial score (nSPS) is 11.7. The SMILES string of the molecule is CC(C)(C)Oc1cccc(OCCCOc2cccc(OS(C)(=O)=O)c2)c1. The first kappa shape index (κ1) is 20.9. The molecule has 6 nitrogen and oxygen atoms in total. The van der Waals surface area contributed by atoms with Gasteiger partial charge in [0.05, 0.1) is 19.5 Å². The van der Waals surface area contributed by atoms with Crippen molar-refractivity contribution in [2.45, 2.75) is 32.8 Å². The molecule has 0 bridgehead atoms. The van der Waals surface area contributed by atoms with Crippen LogP contribution in [0.15, 0.2) is 48.5 Å². The van der Waals surface area contributed by atoms with Gasteiger partial charge in [0.2, 0.25) is 0 Å². The fourth-order valence-corrected chi connectivity index (χ4v) is 2.66. The van der Waals surface area contributed by atoms with Crippen LogP contribution in [0.5, 0.6) is 23.0 Å². The molecule has 0 N–H and O–H groups in total. The van der Waals surface area contributed by atoms with Crippen LogP contribution in [-0.4, -0.2) is 33.5 Å². The third-order valence-corrected chi connectivity index (χ3v) is 3.60. The molecule has 0 saturated carbocycles. The Hall–Kier alpha value is -2.41. The van der Waals surface area contributed by atoms with E-state index in [4.69, 9.17) is 18.4 Å². The predicted octanol–water partition coefficient (Wildman–Crippen LogP) is 4.05. The topological polar surface area (TPSA) is 71.1 Å². The van der Waals surface area contributed by atoms with E-state index < -0.39 is 10.1 Å². The molecule has 0 radical (unpaired) electrons. The third-order valence-electron chi connectivity index (χ3n) is 3.11. The van der Waals surface area contributed by atoms with E-state index in [1.807, 2.05) is 45.0 Å². The summed E-state index contributed by atoms with van der Waals surface area (Å²) in [5.41, 5.74) is -0.262. The Morgan fingerprint density at radius 3 is 1.81 bits per heavy atom. The average Bonchev–Trinajstić information content (AvgIpc) is 2.52. The molecular formula is C20H26O6S. The fourth-order valence-electron chi connectivity index (χ4n) is 2.21. The molecule has 2 aromatic carbocycles. The highest BCUT2D eigenvalue weighted by molar-refractivity contribution is 7.86. The molecule has 0 spiro atoms. The first-order valence-electron chi connectivity index (χ1n) is 8.65. The quantitative estimate of drug-likeness (QED) is 0.472. The third kappa shape index (κ3) is 8.68. The zero-order valence-electron chi connectivity index (χ0n) is 16.1. The average molecular weight is 394 g/mol. The lowest BCUT2D eigenvalue weighted by molar-refractivity contribution is 0.130. The zero-order chi connectivity index (χ0) is 19.9. The predicted molar refractivity (Wildman–Crippen MR) is 104 cm³/mol. The number of ether oxygens (including phenoxy) is 3. The molecular weight excluding hydrogens is 368 g/mol. The van der Waals surface area contributed by atoms with E-state index >= 15 is 0 Å². The number of hydrogen-bond acceptors (Lipinski definition) is 6. The zero-order valence-corrected chi connectivity index (χ0v) is 16.9. The standard InChI is InChI=1S/C20H26O6S/c1-20(2,3)25-18-10-5-8-16(14-18)23-12-7-13-24-17-9-6-11-19(15-17)26-27(4,21)22/h5-6,8-11,14-15H,7,12-13H2,1-4H3. The van der Waals surface area contributed by atoms with Gasteiger partial charge in [0.15, 0.2) is 0 Å². The van der Waals surface area contributed by atoms with Crippen molar-refractivity contribution >= 4 is 10.1 Å². The van der Waals surface area contributed by atoms with Gasteiger partial charge in [-0.25, -0.2) is 0 Å². The Morgan fingerprint density at radius 2 is 1.30 bits per heavy atom. The monoisotopic (exact) mass is 394 g/mol. The van der Waals surface area contributed by atoms with Crippen LogP contribution >= 0.6 is 0 Å². The highest BCUT2D eigenvalue weighted by Gasteiger charge is 2.12. The van der Waals surface area contributed by atoms with Gasteiger partial charge in [0.25, 0.3) is 0 Å². The maximum Gasteiger partial charge on any atom is 0.306 e. The van der Waals surface area contributed by atoms with Crippen LogP contribution in [-0.2, 0) is 10.1 Å². The van der Waals surface area contributed by atoms with Crippen LogP contribution in [0.1, 0.15) is 27.2 Å². The first-order chi connectivity index (χ1) is 12.6. The maximum absolute atomic E-state index is 11.2. The summed E-state index contributed by atoms with van der Waals surface area (Å²) in [6.45, 7) is 6.90. The van der Waals surface area contributed by atoms with Crippen LogP contribution in [0.25, 0.3) is 0 Å². The molecule has 0 aliphatic heterocycles. The number of rotatable bonds is 9. The van der Waals surface area contributed by atoms with Crippen molar-refractivity contribution in [2.24, 2.45) is 0 Å². The van der Waals surface area contributed by atoms with Gasteiger partial charge < -0.3 is 18.4 Å². The molecule has 2 rings (SSSR count). The molecule has 0 unspecified atom stereocenters. The molecule has 0 saturated heterocycles. The molecule has 2 aromatic rings. The first-order valence-corrected chi connectivity index (χ1v) is 10.5. The van der Waals surface area contributed by atoms with Gasteiger partial charge in [-0.3, -0.25) is 0 Å². The van der Waals surface area contributed by atoms with E-state index in [1.165, 1.54) is 6.07 Å². The molecule has 0 amide bonds. The van der Waals surface area contributed by atoms with Crippen LogP contribution in [0.2, 0.25) is 0 Å². The Balaban J connectivity index is 1.76. The minimum atomic E-state index is -3.55. The second-order valence-corrected chi connectivity index (χ2v) is 8.58. The fraction of sp³-hybridized carbons (Fsp3) is 0.400. The largest absolute Gasteiger partial charge is 0.493 e. The van der Waals surface area contributed by atoms with Gasteiger partial charge in [0.1, 0.15) is 28.6 Å². The van der Waals surface area contributed by atoms with Gasteiger partial charge >= 0.3 is 10.1 Å². The van der Waals surface area contributed by atoms with E-state index in [0.29, 0.717) is 25.4 Å². The Morgan fingerprint density at radius 1 is 0.815 bits per heavy atom. The van der Waals surface area contributed by atoms with Gasteiger partial charge in [-0.1, -0.05) is 12.1 Å². The van der Waals surface area contributed by atoms with E-state index in [9.17, 15) is 8.42 Å². The summed E-state index contributed by atoms with van der Waals surface area (Å²) in [4.78, 5) is 0. The summed E-state index contributed by atoms with van der Waals surface area (Å²) < 4.78 is 44.3. The van der Waals surface area contributed by atoms with Crippen molar-refractivity contribution in [1.29, 1.82) is 0 Å². The van der Waals surface area contributed by atoms with E-state index in [0.717, 1.165) is 17.8 Å². The minimum Gasteiger partial charge on any atom is -0.493 e. The molecule has 7 heteroatoms.